The molecular formula is C19H25N3O2. The van der Waals surface area contributed by atoms with Crippen molar-refractivity contribution in [1.82, 2.24) is 10.2 Å². The van der Waals surface area contributed by atoms with Gasteiger partial charge < -0.3 is 16.0 Å². The van der Waals surface area contributed by atoms with E-state index in [0.717, 1.165) is 57.4 Å². The SMILES string of the molecule is NC(=O)CCCCCC#Cc1ccc(C(=O)N2CCNCC2)cc1. The fourth-order valence-corrected chi connectivity index (χ4v) is 2.60. The first-order valence-corrected chi connectivity index (χ1v) is 8.54. The summed E-state index contributed by atoms with van der Waals surface area (Å²) < 4.78 is 0. The number of carbonyl (C=O) groups is 2. The van der Waals surface area contributed by atoms with E-state index in [2.05, 4.69) is 17.2 Å². The van der Waals surface area contributed by atoms with Crippen LogP contribution in [-0.2, 0) is 4.79 Å². The molecule has 0 saturated carbocycles. The number of piperazine rings is 1. The molecule has 2 rings (SSSR count). The van der Waals surface area contributed by atoms with Gasteiger partial charge in [0.05, 0.1) is 0 Å². The van der Waals surface area contributed by atoms with Gasteiger partial charge in [-0.15, -0.1) is 0 Å². The molecule has 0 aliphatic carbocycles. The lowest BCUT2D eigenvalue weighted by Crippen LogP contribution is -2.46. The Hall–Kier alpha value is -2.32. The molecule has 0 aromatic heterocycles. The number of rotatable bonds is 6. The Morgan fingerprint density at radius 1 is 1.08 bits per heavy atom. The molecule has 3 N–H and O–H groups in total. The van der Waals surface area contributed by atoms with Gasteiger partial charge in [-0.1, -0.05) is 18.3 Å². The normalized spacial score (nSPS) is 13.9. The molecule has 1 heterocycles. The van der Waals surface area contributed by atoms with Crippen LogP contribution in [0.3, 0.4) is 0 Å². The Morgan fingerprint density at radius 3 is 2.46 bits per heavy atom. The second kappa shape index (κ2) is 9.74. The third kappa shape index (κ3) is 6.05. The van der Waals surface area contributed by atoms with Crippen LogP contribution in [0.4, 0.5) is 0 Å². The highest BCUT2D eigenvalue weighted by Crippen LogP contribution is 2.08. The van der Waals surface area contributed by atoms with E-state index in [9.17, 15) is 9.59 Å². The highest BCUT2D eigenvalue weighted by atomic mass is 16.2. The van der Waals surface area contributed by atoms with Crippen molar-refractivity contribution in [3.05, 3.63) is 35.4 Å². The summed E-state index contributed by atoms with van der Waals surface area (Å²) in [7, 11) is 0. The lowest BCUT2D eigenvalue weighted by atomic mass is 10.1. The summed E-state index contributed by atoms with van der Waals surface area (Å²) in [5.41, 5.74) is 6.73. The molecule has 1 aliphatic heterocycles. The van der Waals surface area contributed by atoms with Gasteiger partial charge in [-0.25, -0.2) is 0 Å². The van der Waals surface area contributed by atoms with Crippen LogP contribution in [0, 0.1) is 11.8 Å². The van der Waals surface area contributed by atoms with Gasteiger partial charge in [-0.3, -0.25) is 9.59 Å². The third-order valence-corrected chi connectivity index (χ3v) is 3.99. The number of nitrogens with zero attached hydrogens (tertiary/aromatic N) is 1. The molecule has 1 fully saturated rings. The quantitative estimate of drug-likeness (QED) is 0.614. The standard InChI is InChI=1S/C19H25N3O2/c20-18(23)7-5-3-1-2-4-6-16-8-10-17(11-9-16)19(24)22-14-12-21-13-15-22/h8-11,21H,1-3,5,7,12-15H2,(H2,20,23). The molecule has 1 aliphatic rings. The Morgan fingerprint density at radius 2 is 1.79 bits per heavy atom. The maximum atomic E-state index is 12.3. The van der Waals surface area contributed by atoms with Crippen LogP contribution in [-0.4, -0.2) is 42.9 Å². The summed E-state index contributed by atoms with van der Waals surface area (Å²) in [4.78, 5) is 24.8. The largest absolute Gasteiger partial charge is 0.370 e. The molecule has 1 aromatic rings. The molecule has 1 aromatic carbocycles. The van der Waals surface area contributed by atoms with E-state index < -0.39 is 0 Å². The minimum Gasteiger partial charge on any atom is -0.370 e. The van der Waals surface area contributed by atoms with E-state index in [-0.39, 0.29) is 11.8 Å². The van der Waals surface area contributed by atoms with Crippen LogP contribution in [0.2, 0.25) is 0 Å². The number of carbonyl (C=O) groups excluding carboxylic acids is 2. The van der Waals surface area contributed by atoms with Crippen molar-refractivity contribution >= 4 is 11.8 Å². The molecule has 0 unspecified atom stereocenters. The maximum Gasteiger partial charge on any atom is 0.253 e. The van der Waals surface area contributed by atoms with Crippen LogP contribution in [0.5, 0.6) is 0 Å². The molecule has 0 bridgehead atoms. The molecule has 24 heavy (non-hydrogen) atoms. The van der Waals surface area contributed by atoms with E-state index in [0.29, 0.717) is 12.0 Å². The van der Waals surface area contributed by atoms with Crippen LogP contribution in [0.25, 0.3) is 0 Å². The number of nitrogens with two attached hydrogens (primary N) is 1. The predicted octanol–water partition coefficient (Wildman–Crippen LogP) is 1.52. The van der Waals surface area contributed by atoms with Gasteiger partial charge in [0.25, 0.3) is 5.91 Å². The number of unbranched alkanes of at least 4 members (excludes halogenated alkanes) is 3. The van der Waals surface area contributed by atoms with Crippen molar-refractivity contribution in [3.8, 4) is 11.8 Å². The molecule has 0 spiro atoms. The zero-order valence-electron chi connectivity index (χ0n) is 14.0. The summed E-state index contributed by atoms with van der Waals surface area (Å²) >= 11 is 0. The fraction of sp³-hybridized carbons (Fsp3) is 0.474. The molecule has 128 valence electrons. The van der Waals surface area contributed by atoms with E-state index >= 15 is 0 Å². The van der Waals surface area contributed by atoms with Gasteiger partial charge in [-0.05, 0) is 37.1 Å². The van der Waals surface area contributed by atoms with Gasteiger partial charge in [0.2, 0.25) is 5.91 Å². The van der Waals surface area contributed by atoms with Gasteiger partial charge in [0, 0.05) is 50.1 Å². The summed E-state index contributed by atoms with van der Waals surface area (Å²) in [6.07, 6.45) is 4.03. The average Bonchev–Trinajstić information content (AvgIpc) is 2.61. The summed E-state index contributed by atoms with van der Waals surface area (Å²) in [5, 5.41) is 3.24. The van der Waals surface area contributed by atoms with Crippen molar-refractivity contribution in [2.45, 2.75) is 32.1 Å². The van der Waals surface area contributed by atoms with Gasteiger partial charge in [0.1, 0.15) is 0 Å². The first-order valence-electron chi connectivity index (χ1n) is 8.54. The minimum atomic E-state index is -0.239. The highest BCUT2D eigenvalue weighted by Gasteiger charge is 2.17. The van der Waals surface area contributed by atoms with Crippen LogP contribution < -0.4 is 11.1 Å². The summed E-state index contributed by atoms with van der Waals surface area (Å²) in [6.45, 7) is 3.23. The molecule has 5 heteroatoms. The topological polar surface area (TPSA) is 75.4 Å². The third-order valence-electron chi connectivity index (χ3n) is 3.99. The van der Waals surface area contributed by atoms with Crippen molar-refractivity contribution < 1.29 is 9.59 Å². The number of nitrogens with one attached hydrogen (secondary N) is 1. The van der Waals surface area contributed by atoms with Crippen molar-refractivity contribution in [1.29, 1.82) is 0 Å². The molecular weight excluding hydrogens is 302 g/mol. The fourth-order valence-electron chi connectivity index (χ4n) is 2.60. The molecule has 1 saturated heterocycles. The Labute approximate surface area is 143 Å². The highest BCUT2D eigenvalue weighted by molar-refractivity contribution is 5.94. The smallest absolute Gasteiger partial charge is 0.253 e. The van der Waals surface area contributed by atoms with Crippen molar-refractivity contribution in [3.63, 3.8) is 0 Å². The summed E-state index contributed by atoms with van der Waals surface area (Å²) in [5.74, 6) is 6.09. The maximum absolute atomic E-state index is 12.3. The average molecular weight is 327 g/mol. The zero-order valence-corrected chi connectivity index (χ0v) is 14.0. The van der Waals surface area contributed by atoms with Crippen molar-refractivity contribution in [2.75, 3.05) is 26.2 Å². The van der Waals surface area contributed by atoms with Gasteiger partial charge in [-0.2, -0.15) is 0 Å². The zero-order chi connectivity index (χ0) is 17.2. The lowest BCUT2D eigenvalue weighted by Gasteiger charge is -2.27. The Kier molecular flexibility index (Phi) is 7.31. The number of hydrogen-bond acceptors (Lipinski definition) is 3. The molecule has 2 amide bonds. The van der Waals surface area contributed by atoms with E-state index in [1.165, 1.54) is 0 Å². The Bertz CT molecular complexity index is 608. The molecule has 5 nitrogen and oxygen atoms in total. The van der Waals surface area contributed by atoms with Crippen molar-refractivity contribution in [2.24, 2.45) is 5.73 Å². The van der Waals surface area contributed by atoms with E-state index in [1.54, 1.807) is 0 Å². The van der Waals surface area contributed by atoms with Gasteiger partial charge in [0.15, 0.2) is 0 Å². The van der Waals surface area contributed by atoms with Crippen LogP contribution >= 0.6 is 0 Å². The first kappa shape index (κ1) is 18.0. The second-order valence-corrected chi connectivity index (χ2v) is 5.95. The first-order chi connectivity index (χ1) is 11.7. The number of benzene rings is 1. The second-order valence-electron chi connectivity index (χ2n) is 5.95. The summed E-state index contributed by atoms with van der Waals surface area (Å²) in [6, 6.07) is 7.49. The number of primary amides is 1. The van der Waals surface area contributed by atoms with Gasteiger partial charge >= 0.3 is 0 Å². The van der Waals surface area contributed by atoms with E-state index in [4.69, 9.17) is 5.73 Å². The molecule has 0 radical (unpaired) electrons. The minimum absolute atomic E-state index is 0.0884. The number of amides is 2. The monoisotopic (exact) mass is 327 g/mol. The number of hydrogen-bond donors (Lipinski definition) is 2. The Balaban J connectivity index is 1.76. The van der Waals surface area contributed by atoms with Crippen LogP contribution in [0.15, 0.2) is 24.3 Å². The van der Waals surface area contributed by atoms with E-state index in [1.807, 2.05) is 29.2 Å². The molecule has 0 atom stereocenters. The predicted molar refractivity (Wildman–Crippen MR) is 94.4 cm³/mol. The van der Waals surface area contributed by atoms with Crippen LogP contribution in [0.1, 0.15) is 48.0 Å². The lowest BCUT2D eigenvalue weighted by molar-refractivity contribution is -0.118.